The zero-order valence-corrected chi connectivity index (χ0v) is 24.5. The number of aromatic hydroxyl groups is 1. The Morgan fingerprint density at radius 2 is 1.74 bits per heavy atom. The standard InChI is InChI=1S/C28H24BCl3N2O8/c1-33-25(38)27(31)11-17-15(21(28(27,32)26(33)39)12-8-18(30)22(35)19(9-12)42-2)6-7-16-20(17)24(37)34(23(16)36)14-5-3-4-13(10-14)29(40)41/h3-6,8-10,16-17,20-21,35,40-41H,7,11H2,1-2H3/t16-,17+,20-,21-,27+,28-/m0/s1. The minimum Gasteiger partial charge on any atom is -0.503 e. The van der Waals surface area contributed by atoms with Crippen molar-refractivity contribution in [2.45, 2.75) is 28.5 Å². The van der Waals surface area contributed by atoms with Crippen molar-refractivity contribution in [3.05, 3.63) is 58.6 Å². The molecule has 2 aliphatic heterocycles. The maximum atomic E-state index is 14.1. The number of amides is 4. The smallest absolute Gasteiger partial charge is 0.488 e. The Hall–Kier alpha value is -3.09. The van der Waals surface area contributed by atoms with E-state index in [1.54, 1.807) is 6.08 Å². The summed E-state index contributed by atoms with van der Waals surface area (Å²) in [5, 5.41) is 29.6. The Morgan fingerprint density at radius 1 is 1.02 bits per heavy atom. The molecule has 218 valence electrons. The topological polar surface area (TPSA) is 145 Å². The molecule has 3 fully saturated rings. The highest BCUT2D eigenvalue weighted by atomic mass is 35.5. The molecule has 0 aromatic heterocycles. The summed E-state index contributed by atoms with van der Waals surface area (Å²) < 4.78 is 5.29. The van der Waals surface area contributed by atoms with Crippen molar-refractivity contribution in [1.29, 1.82) is 0 Å². The van der Waals surface area contributed by atoms with Gasteiger partial charge in [0.25, 0.3) is 11.8 Å². The molecular weight excluding hydrogens is 609 g/mol. The normalized spacial score (nSPS) is 32.0. The molecule has 0 radical (unpaired) electrons. The van der Waals surface area contributed by atoms with E-state index in [1.807, 2.05) is 0 Å². The number of likely N-dealkylation sites (tertiary alicyclic amines) is 1. The van der Waals surface area contributed by atoms with Gasteiger partial charge in [0.1, 0.15) is 0 Å². The average Bonchev–Trinajstić information content (AvgIpc) is 3.29. The van der Waals surface area contributed by atoms with Crippen LogP contribution in [-0.2, 0) is 19.2 Å². The first-order chi connectivity index (χ1) is 19.8. The van der Waals surface area contributed by atoms with E-state index in [1.165, 1.54) is 50.6 Å². The summed E-state index contributed by atoms with van der Waals surface area (Å²) in [4.78, 5) is 52.9. The monoisotopic (exact) mass is 632 g/mol. The van der Waals surface area contributed by atoms with Crippen LogP contribution < -0.4 is 15.1 Å². The predicted octanol–water partition coefficient (Wildman–Crippen LogP) is 1.93. The summed E-state index contributed by atoms with van der Waals surface area (Å²) in [6.07, 6.45) is 1.71. The number of nitrogens with zero attached hydrogens (tertiary/aromatic N) is 2. The SMILES string of the molecule is COc1cc([C@H]2C3=CC[C@@H]4C(=O)N(c5cccc(B(O)O)c5)C(=O)[C@@H]4[C@@H]3C[C@@]3(Cl)C(=O)N(C)C(=O)[C@@]23Cl)cc(Cl)c1O. The van der Waals surface area contributed by atoms with Crippen molar-refractivity contribution < 1.29 is 39.1 Å². The number of phenolic OH excluding ortho intramolecular Hbond substituents is 1. The number of methoxy groups -OCH3 is 1. The number of carbonyl (C=O) groups is 4. The zero-order chi connectivity index (χ0) is 30.5. The Labute approximate surface area is 255 Å². The molecule has 0 unspecified atom stereocenters. The van der Waals surface area contributed by atoms with Crippen LogP contribution >= 0.6 is 34.8 Å². The number of imide groups is 2. The van der Waals surface area contributed by atoms with Crippen LogP contribution in [0, 0.1) is 17.8 Å². The summed E-state index contributed by atoms with van der Waals surface area (Å²) in [5.74, 6) is -6.39. The van der Waals surface area contributed by atoms with E-state index in [0.29, 0.717) is 11.1 Å². The fraction of sp³-hybridized carbons (Fsp3) is 0.357. The van der Waals surface area contributed by atoms with E-state index < -0.39 is 64.2 Å². The van der Waals surface area contributed by atoms with Gasteiger partial charge in [-0.15, -0.1) is 23.2 Å². The van der Waals surface area contributed by atoms with Crippen LogP contribution in [0.3, 0.4) is 0 Å². The van der Waals surface area contributed by atoms with Crippen LogP contribution in [0.15, 0.2) is 48.0 Å². The molecule has 4 amide bonds. The molecule has 4 aliphatic rings. The van der Waals surface area contributed by atoms with Crippen molar-refractivity contribution in [2.75, 3.05) is 19.1 Å². The third-order valence-electron chi connectivity index (χ3n) is 9.04. The lowest BCUT2D eigenvalue weighted by Crippen LogP contribution is -2.60. The van der Waals surface area contributed by atoms with Gasteiger partial charge in [-0.3, -0.25) is 29.0 Å². The number of fused-ring (bicyclic) bond motifs is 4. The van der Waals surface area contributed by atoms with Gasteiger partial charge in [0.2, 0.25) is 11.8 Å². The van der Waals surface area contributed by atoms with Crippen molar-refractivity contribution in [3.8, 4) is 11.5 Å². The number of rotatable bonds is 4. The number of anilines is 1. The minimum atomic E-state index is -2.02. The molecule has 0 bridgehead atoms. The van der Waals surface area contributed by atoms with Crippen molar-refractivity contribution in [3.63, 3.8) is 0 Å². The lowest BCUT2D eigenvalue weighted by molar-refractivity contribution is -0.138. The van der Waals surface area contributed by atoms with Gasteiger partial charge in [-0.1, -0.05) is 35.4 Å². The summed E-state index contributed by atoms with van der Waals surface area (Å²) in [6.45, 7) is 0. The third-order valence-corrected chi connectivity index (χ3v) is 10.7. The molecule has 6 rings (SSSR count). The number of hydrogen-bond acceptors (Lipinski definition) is 8. The molecule has 2 heterocycles. The largest absolute Gasteiger partial charge is 0.503 e. The third kappa shape index (κ3) is 3.67. The van der Waals surface area contributed by atoms with Crippen molar-refractivity contribution in [1.82, 2.24) is 4.90 Å². The molecule has 3 N–H and O–H groups in total. The molecule has 2 aromatic rings. The number of halogens is 3. The second-order valence-electron chi connectivity index (χ2n) is 11.0. The highest BCUT2D eigenvalue weighted by molar-refractivity contribution is 6.58. The van der Waals surface area contributed by atoms with Gasteiger partial charge in [-0.25, -0.2) is 0 Å². The number of phenols is 1. The first-order valence-electron chi connectivity index (χ1n) is 13.1. The lowest BCUT2D eigenvalue weighted by Gasteiger charge is -2.50. The van der Waals surface area contributed by atoms with Gasteiger partial charge >= 0.3 is 7.12 Å². The lowest BCUT2D eigenvalue weighted by atomic mass is 9.56. The van der Waals surface area contributed by atoms with Crippen LogP contribution in [0.1, 0.15) is 24.3 Å². The fourth-order valence-electron chi connectivity index (χ4n) is 7.11. The van der Waals surface area contributed by atoms with Crippen LogP contribution in [0.4, 0.5) is 5.69 Å². The molecular formula is C28H24BCl3N2O8. The molecule has 2 saturated heterocycles. The number of carbonyl (C=O) groups excluding carboxylic acids is 4. The Morgan fingerprint density at radius 3 is 2.40 bits per heavy atom. The summed E-state index contributed by atoms with van der Waals surface area (Å²) in [5.41, 5.74) is 1.15. The summed E-state index contributed by atoms with van der Waals surface area (Å²) in [7, 11) is 0.803. The van der Waals surface area contributed by atoms with E-state index in [2.05, 4.69) is 0 Å². The molecule has 6 atom stereocenters. The number of allylic oxidation sites excluding steroid dienone is 2. The number of ether oxygens (including phenoxy) is 1. The Kier molecular flexibility index (Phi) is 6.71. The number of hydrogen-bond donors (Lipinski definition) is 3. The van der Waals surface area contributed by atoms with E-state index in [4.69, 9.17) is 39.5 Å². The second kappa shape index (κ2) is 9.72. The van der Waals surface area contributed by atoms with Crippen LogP contribution in [0.5, 0.6) is 11.5 Å². The van der Waals surface area contributed by atoms with Crippen LogP contribution in [0.2, 0.25) is 5.02 Å². The molecule has 42 heavy (non-hydrogen) atoms. The number of benzene rings is 2. The van der Waals surface area contributed by atoms with Crippen molar-refractivity contribution in [2.24, 2.45) is 17.8 Å². The van der Waals surface area contributed by atoms with E-state index in [0.717, 1.165) is 9.80 Å². The predicted molar refractivity (Wildman–Crippen MR) is 154 cm³/mol. The van der Waals surface area contributed by atoms with Gasteiger partial charge in [0.05, 0.1) is 29.7 Å². The van der Waals surface area contributed by atoms with E-state index in [9.17, 15) is 34.3 Å². The first kappa shape index (κ1) is 29.0. The van der Waals surface area contributed by atoms with Gasteiger partial charge < -0.3 is 19.9 Å². The molecule has 1 saturated carbocycles. The van der Waals surface area contributed by atoms with Crippen molar-refractivity contribution >= 4 is 76.7 Å². The highest BCUT2D eigenvalue weighted by Gasteiger charge is 2.76. The van der Waals surface area contributed by atoms with E-state index in [-0.39, 0.29) is 40.5 Å². The van der Waals surface area contributed by atoms with Crippen LogP contribution in [-0.4, -0.2) is 74.7 Å². The summed E-state index contributed by atoms with van der Waals surface area (Å²) in [6, 6.07) is 8.69. The molecule has 2 aromatic carbocycles. The van der Waals surface area contributed by atoms with Crippen LogP contribution in [0.25, 0.3) is 0 Å². The Bertz CT molecular complexity index is 1620. The summed E-state index contributed by atoms with van der Waals surface area (Å²) >= 11 is 20.6. The maximum absolute atomic E-state index is 14.1. The molecule has 0 spiro atoms. The van der Waals surface area contributed by atoms with E-state index >= 15 is 0 Å². The van der Waals surface area contributed by atoms with Gasteiger partial charge in [-0.2, -0.15) is 0 Å². The average molecular weight is 634 g/mol. The van der Waals surface area contributed by atoms with Gasteiger partial charge in [0, 0.05) is 13.0 Å². The number of alkyl halides is 2. The van der Waals surface area contributed by atoms with Gasteiger partial charge in [-0.05, 0) is 54.1 Å². The minimum absolute atomic E-state index is 0.00345. The zero-order valence-electron chi connectivity index (χ0n) is 22.3. The fourth-order valence-corrected chi connectivity index (χ4v) is 8.35. The first-order valence-corrected chi connectivity index (χ1v) is 14.2. The van der Waals surface area contributed by atoms with Gasteiger partial charge in [0.15, 0.2) is 21.2 Å². The molecule has 14 heteroatoms. The highest BCUT2D eigenvalue weighted by Crippen LogP contribution is 2.65. The second-order valence-corrected chi connectivity index (χ2v) is 12.7. The molecule has 10 nitrogen and oxygen atoms in total. The molecule has 2 aliphatic carbocycles. The quantitative estimate of drug-likeness (QED) is 0.201. The maximum Gasteiger partial charge on any atom is 0.488 e. The Balaban J connectivity index is 1.52.